The summed E-state index contributed by atoms with van der Waals surface area (Å²) in [6.45, 7) is 1.49. The van der Waals surface area contributed by atoms with Crippen LogP contribution in [-0.4, -0.2) is 29.9 Å². The summed E-state index contributed by atoms with van der Waals surface area (Å²) in [5, 5.41) is 0. The number of para-hydroxylation sites is 1. The minimum atomic E-state index is 0.284. The average Bonchev–Trinajstić information content (AvgIpc) is 2.93. The Kier molecular flexibility index (Phi) is 2.40. The molecule has 0 radical (unpaired) electrons. The normalized spacial score (nSPS) is 19.9. The van der Waals surface area contributed by atoms with Crippen LogP contribution in [0.1, 0.15) is 12.5 Å². The zero-order chi connectivity index (χ0) is 11.8. The number of hydrogen-bond acceptors (Lipinski definition) is 4. The fourth-order valence-electron chi connectivity index (χ4n) is 2.38. The third kappa shape index (κ3) is 1.54. The molecule has 1 fully saturated rings. The largest absolute Gasteiger partial charge is 0.494 e. The lowest BCUT2D eigenvalue weighted by Crippen LogP contribution is -2.11. The quantitative estimate of drug-likeness (QED) is 0.855. The zero-order valence-electron chi connectivity index (χ0n) is 9.72. The maximum atomic E-state index is 6.00. The van der Waals surface area contributed by atoms with Crippen LogP contribution in [0.3, 0.4) is 0 Å². The summed E-state index contributed by atoms with van der Waals surface area (Å²) in [4.78, 5) is 4.39. The number of rotatable bonds is 2. The van der Waals surface area contributed by atoms with Crippen molar-refractivity contribution in [1.29, 1.82) is 0 Å². The Labute approximate surface area is 99.1 Å². The number of fused-ring (bicyclic) bond motifs is 1. The molecule has 5 nitrogen and oxygen atoms in total. The van der Waals surface area contributed by atoms with E-state index in [1.54, 1.807) is 7.11 Å². The van der Waals surface area contributed by atoms with Crippen molar-refractivity contribution in [3.63, 3.8) is 0 Å². The van der Waals surface area contributed by atoms with Gasteiger partial charge in [-0.3, -0.25) is 0 Å². The number of methoxy groups -OCH3 is 1. The maximum Gasteiger partial charge on any atom is 0.201 e. The predicted octanol–water partition coefficient (Wildman–Crippen LogP) is 1.59. The summed E-state index contributed by atoms with van der Waals surface area (Å²) in [7, 11) is 1.64. The first-order valence-electron chi connectivity index (χ1n) is 5.69. The molecule has 17 heavy (non-hydrogen) atoms. The van der Waals surface area contributed by atoms with Gasteiger partial charge in [0.05, 0.1) is 25.3 Å². The van der Waals surface area contributed by atoms with Gasteiger partial charge in [0.1, 0.15) is 11.3 Å². The zero-order valence-corrected chi connectivity index (χ0v) is 9.72. The van der Waals surface area contributed by atoms with E-state index in [1.807, 2.05) is 22.8 Å². The smallest absolute Gasteiger partial charge is 0.201 e. The third-order valence-electron chi connectivity index (χ3n) is 3.20. The molecule has 2 heterocycles. The monoisotopic (exact) mass is 233 g/mol. The summed E-state index contributed by atoms with van der Waals surface area (Å²) >= 11 is 0. The Morgan fingerprint density at radius 3 is 3.12 bits per heavy atom. The van der Waals surface area contributed by atoms with Crippen molar-refractivity contribution >= 4 is 17.0 Å². The number of nitrogens with two attached hydrogens (primary N) is 1. The second kappa shape index (κ2) is 3.92. The SMILES string of the molecule is COc1cccc2c1nc(N)n2C1CCOC1. The van der Waals surface area contributed by atoms with E-state index >= 15 is 0 Å². The van der Waals surface area contributed by atoms with Crippen LogP contribution >= 0.6 is 0 Å². The molecule has 1 aromatic heterocycles. The van der Waals surface area contributed by atoms with Crippen LogP contribution in [0.2, 0.25) is 0 Å². The van der Waals surface area contributed by atoms with Gasteiger partial charge in [0.2, 0.25) is 5.95 Å². The van der Waals surface area contributed by atoms with Crippen LogP contribution in [0.25, 0.3) is 11.0 Å². The molecule has 0 amide bonds. The van der Waals surface area contributed by atoms with E-state index in [0.29, 0.717) is 12.6 Å². The molecule has 5 heteroatoms. The van der Waals surface area contributed by atoms with Crippen molar-refractivity contribution in [3.8, 4) is 5.75 Å². The van der Waals surface area contributed by atoms with Crippen molar-refractivity contribution < 1.29 is 9.47 Å². The van der Waals surface area contributed by atoms with Crippen LogP contribution < -0.4 is 10.5 Å². The van der Waals surface area contributed by atoms with E-state index in [-0.39, 0.29) is 6.04 Å². The molecule has 1 aliphatic heterocycles. The van der Waals surface area contributed by atoms with E-state index in [0.717, 1.165) is 29.8 Å². The van der Waals surface area contributed by atoms with Gasteiger partial charge in [0.15, 0.2) is 0 Å². The van der Waals surface area contributed by atoms with Crippen LogP contribution in [0.15, 0.2) is 18.2 Å². The first kappa shape index (κ1) is 10.4. The number of imidazole rings is 1. The van der Waals surface area contributed by atoms with E-state index < -0.39 is 0 Å². The molecule has 0 bridgehead atoms. The average molecular weight is 233 g/mol. The van der Waals surface area contributed by atoms with Gasteiger partial charge in [-0.05, 0) is 18.6 Å². The Morgan fingerprint density at radius 2 is 2.41 bits per heavy atom. The van der Waals surface area contributed by atoms with Crippen LogP contribution in [0.5, 0.6) is 5.75 Å². The topological polar surface area (TPSA) is 62.3 Å². The molecule has 1 unspecified atom stereocenters. The number of anilines is 1. The van der Waals surface area contributed by atoms with Gasteiger partial charge in [0, 0.05) is 6.61 Å². The summed E-state index contributed by atoms with van der Waals surface area (Å²) in [5.41, 5.74) is 7.83. The van der Waals surface area contributed by atoms with Crippen molar-refractivity contribution in [1.82, 2.24) is 9.55 Å². The fourth-order valence-corrected chi connectivity index (χ4v) is 2.38. The van der Waals surface area contributed by atoms with E-state index in [9.17, 15) is 0 Å². The van der Waals surface area contributed by atoms with Gasteiger partial charge in [-0.15, -0.1) is 0 Å². The van der Waals surface area contributed by atoms with Crippen molar-refractivity contribution in [2.45, 2.75) is 12.5 Å². The van der Waals surface area contributed by atoms with Gasteiger partial charge in [0.25, 0.3) is 0 Å². The molecule has 2 aromatic rings. The van der Waals surface area contributed by atoms with Crippen molar-refractivity contribution in [2.75, 3.05) is 26.1 Å². The highest BCUT2D eigenvalue weighted by Crippen LogP contribution is 2.32. The minimum absolute atomic E-state index is 0.284. The molecule has 1 aliphatic rings. The lowest BCUT2D eigenvalue weighted by atomic mass is 10.2. The van der Waals surface area contributed by atoms with Gasteiger partial charge in [-0.1, -0.05) is 6.07 Å². The number of nitrogen functional groups attached to an aromatic ring is 1. The van der Waals surface area contributed by atoms with E-state index in [2.05, 4.69) is 4.98 Å². The number of benzene rings is 1. The Bertz CT molecular complexity index is 544. The molecular formula is C12H15N3O2. The maximum absolute atomic E-state index is 6.00. The number of nitrogens with zero attached hydrogens (tertiary/aromatic N) is 2. The predicted molar refractivity (Wildman–Crippen MR) is 65.2 cm³/mol. The molecule has 1 saturated heterocycles. The summed E-state index contributed by atoms with van der Waals surface area (Å²) < 4.78 is 12.7. The molecule has 2 N–H and O–H groups in total. The lowest BCUT2D eigenvalue weighted by Gasteiger charge is -2.12. The van der Waals surface area contributed by atoms with Crippen LogP contribution in [0.4, 0.5) is 5.95 Å². The molecule has 90 valence electrons. The molecule has 0 aliphatic carbocycles. The summed E-state index contributed by atoms with van der Waals surface area (Å²) in [5.74, 6) is 1.28. The van der Waals surface area contributed by atoms with Gasteiger partial charge >= 0.3 is 0 Å². The first-order valence-corrected chi connectivity index (χ1v) is 5.69. The Balaban J connectivity index is 2.20. The molecule has 0 spiro atoms. The van der Waals surface area contributed by atoms with Crippen LogP contribution in [0, 0.1) is 0 Å². The van der Waals surface area contributed by atoms with Gasteiger partial charge in [-0.2, -0.15) is 0 Å². The fraction of sp³-hybridized carbons (Fsp3) is 0.417. The van der Waals surface area contributed by atoms with Crippen molar-refractivity contribution in [3.05, 3.63) is 18.2 Å². The highest BCUT2D eigenvalue weighted by atomic mass is 16.5. The second-order valence-corrected chi connectivity index (χ2v) is 4.19. The van der Waals surface area contributed by atoms with Crippen molar-refractivity contribution in [2.24, 2.45) is 0 Å². The minimum Gasteiger partial charge on any atom is -0.494 e. The lowest BCUT2D eigenvalue weighted by molar-refractivity contribution is 0.187. The van der Waals surface area contributed by atoms with Gasteiger partial charge in [-0.25, -0.2) is 4.98 Å². The molecule has 1 atom stereocenters. The van der Waals surface area contributed by atoms with E-state index in [4.69, 9.17) is 15.2 Å². The molecule has 3 rings (SSSR count). The van der Waals surface area contributed by atoms with Crippen LogP contribution in [-0.2, 0) is 4.74 Å². The summed E-state index contributed by atoms with van der Waals surface area (Å²) in [6.07, 6.45) is 0.979. The Hall–Kier alpha value is -1.75. The standard InChI is InChI=1S/C12H15N3O2/c1-16-10-4-2-3-9-11(10)14-12(13)15(9)8-5-6-17-7-8/h2-4,8H,5-7H2,1H3,(H2,13,14). The number of ether oxygens (including phenoxy) is 2. The second-order valence-electron chi connectivity index (χ2n) is 4.19. The van der Waals surface area contributed by atoms with E-state index in [1.165, 1.54) is 0 Å². The first-order chi connectivity index (χ1) is 8.31. The molecule has 1 aromatic carbocycles. The highest BCUT2D eigenvalue weighted by Gasteiger charge is 2.23. The molecule has 0 saturated carbocycles. The summed E-state index contributed by atoms with van der Waals surface area (Å²) in [6, 6.07) is 6.14. The highest BCUT2D eigenvalue weighted by molar-refractivity contribution is 5.84. The third-order valence-corrected chi connectivity index (χ3v) is 3.20. The number of hydrogen-bond donors (Lipinski definition) is 1. The van der Waals surface area contributed by atoms with Gasteiger partial charge < -0.3 is 19.8 Å². The number of aromatic nitrogens is 2. The molecular weight excluding hydrogens is 218 g/mol. The Morgan fingerprint density at radius 1 is 1.53 bits per heavy atom.